The first-order valence-corrected chi connectivity index (χ1v) is 8.91. The van der Waals surface area contributed by atoms with Crippen LogP contribution in [-0.4, -0.2) is 30.2 Å². The van der Waals surface area contributed by atoms with Crippen LogP contribution in [0.5, 0.6) is 0 Å². The second kappa shape index (κ2) is 6.62. The van der Waals surface area contributed by atoms with Gasteiger partial charge in [0.25, 0.3) is 0 Å². The molecule has 0 fully saturated rings. The molecule has 0 saturated carbocycles. The lowest BCUT2D eigenvalue weighted by Gasteiger charge is -2.13. The van der Waals surface area contributed by atoms with Crippen molar-refractivity contribution < 1.29 is 8.42 Å². The van der Waals surface area contributed by atoms with Crippen LogP contribution in [0.3, 0.4) is 0 Å². The second-order valence-electron chi connectivity index (χ2n) is 5.19. The van der Waals surface area contributed by atoms with Gasteiger partial charge < -0.3 is 5.32 Å². The van der Waals surface area contributed by atoms with E-state index < -0.39 is 9.84 Å². The molecule has 0 aliphatic carbocycles. The van der Waals surface area contributed by atoms with Crippen LogP contribution in [0.2, 0.25) is 0 Å². The molecule has 0 bridgehead atoms. The predicted molar refractivity (Wildman–Crippen MR) is 85.1 cm³/mol. The maximum absolute atomic E-state index is 11.1. The first kappa shape index (κ1) is 16.0. The Morgan fingerprint density at radius 3 is 2.59 bits per heavy atom. The van der Waals surface area contributed by atoms with Crippen molar-refractivity contribution in [1.29, 1.82) is 5.26 Å². The van der Waals surface area contributed by atoms with Crippen molar-refractivity contribution in [2.24, 2.45) is 0 Å². The number of sulfone groups is 1. The third kappa shape index (κ3) is 4.60. The summed E-state index contributed by atoms with van der Waals surface area (Å²) in [5.74, 6) is 0.754. The number of nitriles is 1. The zero-order valence-electron chi connectivity index (χ0n) is 12.5. The largest absolute Gasteiger partial charge is 0.362 e. The first-order chi connectivity index (χ1) is 10.4. The highest BCUT2D eigenvalue weighted by atomic mass is 32.2. The van der Waals surface area contributed by atoms with Gasteiger partial charge >= 0.3 is 0 Å². The van der Waals surface area contributed by atoms with E-state index in [0.29, 0.717) is 17.9 Å². The van der Waals surface area contributed by atoms with Crippen molar-refractivity contribution >= 4 is 15.7 Å². The van der Waals surface area contributed by atoms with Crippen molar-refractivity contribution in [2.45, 2.75) is 19.5 Å². The fraction of sp³-hybridized carbons (Fsp3) is 0.333. The SMILES string of the molecule is C[C@H](Nc1ccn(CCS(C)(=O)=O)n1)c1ccc(C#N)cc1. The lowest BCUT2D eigenvalue weighted by atomic mass is 10.1. The average molecular weight is 318 g/mol. The van der Waals surface area contributed by atoms with E-state index >= 15 is 0 Å². The Morgan fingerprint density at radius 1 is 1.32 bits per heavy atom. The lowest BCUT2D eigenvalue weighted by Crippen LogP contribution is -2.12. The fourth-order valence-electron chi connectivity index (χ4n) is 1.97. The fourth-order valence-corrected chi connectivity index (χ4v) is 2.49. The molecule has 0 saturated heterocycles. The summed E-state index contributed by atoms with van der Waals surface area (Å²) in [6.07, 6.45) is 2.96. The molecule has 2 rings (SSSR count). The van der Waals surface area contributed by atoms with E-state index in [2.05, 4.69) is 16.5 Å². The van der Waals surface area contributed by atoms with Gasteiger partial charge in [-0.2, -0.15) is 10.4 Å². The number of aromatic nitrogens is 2. The van der Waals surface area contributed by atoms with Gasteiger partial charge in [-0.15, -0.1) is 0 Å². The topological polar surface area (TPSA) is 87.8 Å². The molecule has 0 radical (unpaired) electrons. The van der Waals surface area contributed by atoms with Crippen molar-refractivity contribution in [3.05, 3.63) is 47.7 Å². The molecule has 1 aromatic heterocycles. The Kier molecular flexibility index (Phi) is 4.83. The summed E-state index contributed by atoms with van der Waals surface area (Å²) < 4.78 is 23.9. The van der Waals surface area contributed by atoms with Gasteiger partial charge in [-0.3, -0.25) is 4.68 Å². The standard InChI is InChI=1S/C15H18N4O2S/c1-12(14-5-3-13(11-16)4-6-14)17-15-7-8-19(18-15)9-10-22(2,20)21/h3-8,12H,9-10H2,1-2H3,(H,17,18)/t12-/m0/s1. The van der Waals surface area contributed by atoms with E-state index in [4.69, 9.17) is 5.26 Å². The molecule has 7 heteroatoms. The average Bonchev–Trinajstić information content (AvgIpc) is 2.92. The molecular weight excluding hydrogens is 300 g/mol. The minimum atomic E-state index is -2.99. The van der Waals surface area contributed by atoms with Gasteiger partial charge in [0.1, 0.15) is 15.7 Å². The Morgan fingerprint density at radius 2 is 2.00 bits per heavy atom. The minimum Gasteiger partial charge on any atom is -0.362 e. The van der Waals surface area contributed by atoms with Crippen molar-refractivity contribution in [3.8, 4) is 6.07 Å². The summed E-state index contributed by atoms with van der Waals surface area (Å²) in [6.45, 7) is 2.34. The molecule has 2 aromatic rings. The molecule has 0 aliphatic rings. The molecule has 6 nitrogen and oxygen atoms in total. The predicted octanol–water partition coefficient (Wildman–Crippen LogP) is 1.97. The number of nitrogens with zero attached hydrogens (tertiary/aromatic N) is 3. The number of anilines is 1. The van der Waals surface area contributed by atoms with Crippen LogP contribution < -0.4 is 5.32 Å². The molecule has 0 unspecified atom stereocenters. The number of aryl methyl sites for hydroxylation is 1. The number of benzene rings is 1. The van der Waals surface area contributed by atoms with Crippen LogP contribution in [0.4, 0.5) is 5.82 Å². The van der Waals surface area contributed by atoms with Crippen LogP contribution >= 0.6 is 0 Å². The third-order valence-electron chi connectivity index (χ3n) is 3.24. The molecule has 1 aromatic carbocycles. The molecule has 22 heavy (non-hydrogen) atoms. The second-order valence-corrected chi connectivity index (χ2v) is 7.45. The normalized spacial score (nSPS) is 12.6. The van der Waals surface area contributed by atoms with E-state index in [1.54, 1.807) is 23.0 Å². The summed E-state index contributed by atoms with van der Waals surface area (Å²) in [5, 5.41) is 16.3. The Labute approximate surface area is 130 Å². The monoisotopic (exact) mass is 318 g/mol. The number of rotatable bonds is 6. The van der Waals surface area contributed by atoms with Gasteiger partial charge in [-0.25, -0.2) is 8.42 Å². The van der Waals surface area contributed by atoms with E-state index in [9.17, 15) is 8.42 Å². The van der Waals surface area contributed by atoms with Crippen molar-refractivity contribution in [3.63, 3.8) is 0 Å². The molecule has 0 aliphatic heterocycles. The summed E-state index contributed by atoms with van der Waals surface area (Å²) in [5.41, 5.74) is 1.67. The van der Waals surface area contributed by atoms with E-state index in [1.165, 1.54) is 6.26 Å². The lowest BCUT2D eigenvalue weighted by molar-refractivity contribution is 0.586. The van der Waals surface area contributed by atoms with Gasteiger partial charge in [-0.1, -0.05) is 12.1 Å². The Bertz CT molecular complexity index is 773. The highest BCUT2D eigenvalue weighted by molar-refractivity contribution is 7.90. The zero-order valence-corrected chi connectivity index (χ0v) is 13.3. The molecule has 0 amide bonds. The van der Waals surface area contributed by atoms with Crippen molar-refractivity contribution in [2.75, 3.05) is 17.3 Å². The van der Waals surface area contributed by atoms with Crippen molar-refractivity contribution in [1.82, 2.24) is 9.78 Å². The maximum Gasteiger partial charge on any atom is 0.149 e. The van der Waals surface area contributed by atoms with Crippen LogP contribution in [0.15, 0.2) is 36.5 Å². The smallest absolute Gasteiger partial charge is 0.149 e. The Balaban J connectivity index is 1.98. The van der Waals surface area contributed by atoms with Crippen LogP contribution in [-0.2, 0) is 16.4 Å². The Hall–Kier alpha value is -2.33. The number of nitrogens with one attached hydrogen (secondary N) is 1. The van der Waals surface area contributed by atoms with Gasteiger partial charge in [0.2, 0.25) is 0 Å². The van der Waals surface area contributed by atoms with Gasteiger partial charge in [0.05, 0.1) is 23.9 Å². The highest BCUT2D eigenvalue weighted by Crippen LogP contribution is 2.18. The molecule has 1 heterocycles. The molecule has 1 atom stereocenters. The summed E-state index contributed by atoms with van der Waals surface area (Å²) in [7, 11) is -2.99. The van der Waals surface area contributed by atoms with Crippen LogP contribution in [0, 0.1) is 11.3 Å². The summed E-state index contributed by atoms with van der Waals surface area (Å²) in [4.78, 5) is 0. The van der Waals surface area contributed by atoms with Gasteiger partial charge in [0.15, 0.2) is 0 Å². The van der Waals surface area contributed by atoms with E-state index in [1.807, 2.05) is 25.1 Å². The quantitative estimate of drug-likeness (QED) is 0.880. The zero-order chi connectivity index (χ0) is 16.2. The maximum atomic E-state index is 11.1. The molecule has 1 N–H and O–H groups in total. The molecule has 116 valence electrons. The minimum absolute atomic E-state index is 0.0333. The summed E-state index contributed by atoms with van der Waals surface area (Å²) in [6, 6.07) is 11.3. The summed E-state index contributed by atoms with van der Waals surface area (Å²) >= 11 is 0. The number of hydrogen-bond donors (Lipinski definition) is 1. The van der Waals surface area contributed by atoms with E-state index in [-0.39, 0.29) is 11.8 Å². The third-order valence-corrected chi connectivity index (χ3v) is 4.16. The van der Waals surface area contributed by atoms with Crippen LogP contribution in [0.1, 0.15) is 24.1 Å². The molecule has 0 spiro atoms. The first-order valence-electron chi connectivity index (χ1n) is 6.85. The van der Waals surface area contributed by atoms with Crippen LogP contribution in [0.25, 0.3) is 0 Å². The van der Waals surface area contributed by atoms with E-state index in [0.717, 1.165) is 5.56 Å². The van der Waals surface area contributed by atoms with Gasteiger partial charge in [-0.05, 0) is 24.6 Å². The molecular formula is C15H18N4O2S. The number of hydrogen-bond acceptors (Lipinski definition) is 5. The van der Waals surface area contributed by atoms with Gasteiger partial charge in [0, 0.05) is 24.6 Å². The highest BCUT2D eigenvalue weighted by Gasteiger charge is 2.08.